The Morgan fingerprint density at radius 3 is 1.64 bits per heavy atom. The normalized spacial score (nSPS) is 33.3. The van der Waals surface area contributed by atoms with Crippen LogP contribution in [0.15, 0.2) is 0 Å². The minimum Gasteiger partial charge on any atom is -0.0594 e. The van der Waals surface area contributed by atoms with Crippen molar-refractivity contribution in [3.8, 4) is 0 Å². The molecule has 0 aromatic rings. The van der Waals surface area contributed by atoms with Crippen LogP contribution in [0.4, 0.5) is 0 Å². The molecule has 2 aliphatic rings. The smallest absolute Gasteiger partial charge is 0.0246 e. The first-order valence-corrected chi connectivity index (χ1v) is 5.16. The van der Waals surface area contributed by atoms with Crippen molar-refractivity contribution in [1.82, 2.24) is 0 Å². The molecule has 11 heavy (non-hydrogen) atoms. The summed E-state index contributed by atoms with van der Waals surface area (Å²) in [5.41, 5.74) is 1.47. The van der Waals surface area contributed by atoms with E-state index >= 15 is 0 Å². The lowest BCUT2D eigenvalue weighted by Crippen LogP contribution is -2.45. The third kappa shape index (κ3) is 0.947. The highest BCUT2D eigenvalue weighted by Gasteiger charge is 2.49. The topological polar surface area (TPSA) is 0 Å². The molecule has 0 atom stereocenters. The fraction of sp³-hybridized carbons (Fsp3) is 1.00. The Balaban J connectivity index is 2.15. The summed E-state index contributed by atoms with van der Waals surface area (Å²) in [6, 6.07) is 0. The van der Waals surface area contributed by atoms with Crippen molar-refractivity contribution >= 4 is 0 Å². The van der Waals surface area contributed by atoms with E-state index in [0.29, 0.717) is 5.41 Å². The largest absolute Gasteiger partial charge is 0.0594 e. The van der Waals surface area contributed by atoms with Gasteiger partial charge in [0.2, 0.25) is 0 Å². The van der Waals surface area contributed by atoms with Crippen molar-refractivity contribution in [1.29, 1.82) is 0 Å². The Morgan fingerprint density at radius 2 is 1.27 bits per heavy atom. The highest BCUT2D eigenvalue weighted by atomic mass is 14.5. The molecule has 64 valence electrons. The zero-order chi connectivity index (χ0) is 7.95. The Hall–Kier alpha value is 0. The van der Waals surface area contributed by atoms with E-state index in [2.05, 4.69) is 13.8 Å². The first-order chi connectivity index (χ1) is 5.16. The van der Waals surface area contributed by atoms with Gasteiger partial charge in [0.05, 0.1) is 0 Å². The van der Waals surface area contributed by atoms with Crippen LogP contribution < -0.4 is 0 Å². The maximum atomic E-state index is 2.49. The lowest BCUT2D eigenvalue weighted by Gasteiger charge is -2.56. The molecule has 0 amide bonds. The Kier molecular flexibility index (Phi) is 1.56. The molecule has 2 aliphatic carbocycles. The van der Waals surface area contributed by atoms with Gasteiger partial charge in [-0.05, 0) is 36.5 Å². The molecule has 0 nitrogen and oxygen atoms in total. The molecule has 0 saturated heterocycles. The van der Waals surface area contributed by atoms with Crippen molar-refractivity contribution < 1.29 is 0 Å². The van der Waals surface area contributed by atoms with Gasteiger partial charge in [0, 0.05) is 0 Å². The molecule has 0 aromatic heterocycles. The molecule has 0 aromatic carbocycles. The third-order valence-corrected chi connectivity index (χ3v) is 4.45. The molecule has 0 heterocycles. The van der Waals surface area contributed by atoms with Crippen LogP contribution in [0.5, 0.6) is 0 Å². The van der Waals surface area contributed by atoms with Gasteiger partial charge in [0.15, 0.2) is 0 Å². The van der Waals surface area contributed by atoms with Crippen LogP contribution in [0.25, 0.3) is 0 Å². The average molecular weight is 152 g/mol. The predicted octanol–water partition coefficient (Wildman–Crippen LogP) is 3.76. The summed E-state index contributed by atoms with van der Waals surface area (Å²) in [6.45, 7) is 4.98. The predicted molar refractivity (Wildman–Crippen MR) is 48.5 cm³/mol. The molecule has 0 radical (unpaired) electrons. The summed E-state index contributed by atoms with van der Waals surface area (Å²) < 4.78 is 0. The molecule has 0 heteroatoms. The van der Waals surface area contributed by atoms with E-state index in [1.165, 1.54) is 44.9 Å². The molecule has 0 unspecified atom stereocenters. The minimum absolute atomic E-state index is 0.670. The summed E-state index contributed by atoms with van der Waals surface area (Å²) in [5, 5.41) is 0. The Labute approximate surface area is 70.4 Å². The van der Waals surface area contributed by atoms with Gasteiger partial charge in [-0.3, -0.25) is 0 Å². The van der Waals surface area contributed by atoms with Crippen molar-refractivity contribution in [3.63, 3.8) is 0 Å². The van der Waals surface area contributed by atoms with E-state index in [4.69, 9.17) is 0 Å². The van der Waals surface area contributed by atoms with Crippen molar-refractivity contribution in [2.24, 2.45) is 10.8 Å². The third-order valence-electron chi connectivity index (χ3n) is 4.45. The summed E-state index contributed by atoms with van der Waals surface area (Å²) in [6.07, 6.45) is 10.6. The number of hydrogen-bond donors (Lipinski definition) is 0. The fourth-order valence-corrected chi connectivity index (χ4v) is 3.16. The van der Waals surface area contributed by atoms with E-state index in [9.17, 15) is 0 Å². The second-order valence-corrected chi connectivity index (χ2v) is 5.22. The van der Waals surface area contributed by atoms with Gasteiger partial charge < -0.3 is 0 Å². The van der Waals surface area contributed by atoms with E-state index in [1.807, 2.05) is 0 Å². The van der Waals surface area contributed by atoms with Gasteiger partial charge in [-0.15, -0.1) is 0 Å². The average Bonchev–Trinajstić information content (AvgIpc) is 1.83. The van der Waals surface area contributed by atoms with E-state index in [0.717, 1.165) is 5.41 Å². The van der Waals surface area contributed by atoms with Gasteiger partial charge in [-0.1, -0.05) is 33.1 Å². The van der Waals surface area contributed by atoms with Gasteiger partial charge in [-0.2, -0.15) is 0 Å². The molecule has 0 aliphatic heterocycles. The quantitative estimate of drug-likeness (QED) is 0.496. The monoisotopic (exact) mass is 152 g/mol. The standard InChI is InChI=1S/C11H20/c1-10(2)6-3-4-7-11(10)8-5-9-11/h3-9H2,1-2H3. The highest BCUT2D eigenvalue weighted by Crippen LogP contribution is 2.61. The highest BCUT2D eigenvalue weighted by molar-refractivity contribution is 5.00. The van der Waals surface area contributed by atoms with Gasteiger partial charge in [0.25, 0.3) is 0 Å². The first kappa shape index (κ1) is 7.64. The number of hydrogen-bond acceptors (Lipinski definition) is 0. The SMILES string of the molecule is CC1(C)CCCCC12CCC2. The van der Waals surface area contributed by atoms with Gasteiger partial charge in [0.1, 0.15) is 0 Å². The second kappa shape index (κ2) is 2.24. The molecule has 1 spiro atoms. The van der Waals surface area contributed by atoms with Crippen molar-refractivity contribution in [2.45, 2.75) is 58.8 Å². The fourth-order valence-electron chi connectivity index (χ4n) is 3.16. The van der Waals surface area contributed by atoms with Crippen LogP contribution >= 0.6 is 0 Å². The summed E-state index contributed by atoms with van der Waals surface area (Å²) >= 11 is 0. The lowest BCUT2D eigenvalue weighted by molar-refractivity contribution is -0.0545. The summed E-state index contributed by atoms with van der Waals surface area (Å²) in [5.74, 6) is 0. The first-order valence-electron chi connectivity index (χ1n) is 5.16. The van der Waals surface area contributed by atoms with E-state index in [-0.39, 0.29) is 0 Å². The summed E-state index contributed by atoms with van der Waals surface area (Å²) in [7, 11) is 0. The molecule has 0 bridgehead atoms. The van der Waals surface area contributed by atoms with Crippen molar-refractivity contribution in [3.05, 3.63) is 0 Å². The molecule has 2 fully saturated rings. The zero-order valence-corrected chi connectivity index (χ0v) is 7.95. The molecule has 2 saturated carbocycles. The molecule has 2 rings (SSSR count). The maximum absolute atomic E-state index is 2.49. The van der Waals surface area contributed by atoms with E-state index in [1.54, 1.807) is 0 Å². The van der Waals surface area contributed by atoms with Gasteiger partial charge >= 0.3 is 0 Å². The molecular weight excluding hydrogens is 132 g/mol. The van der Waals surface area contributed by atoms with Gasteiger partial charge in [-0.25, -0.2) is 0 Å². The van der Waals surface area contributed by atoms with Crippen LogP contribution in [0.2, 0.25) is 0 Å². The van der Waals surface area contributed by atoms with Crippen molar-refractivity contribution in [2.75, 3.05) is 0 Å². The Morgan fingerprint density at radius 1 is 0.727 bits per heavy atom. The number of rotatable bonds is 0. The second-order valence-electron chi connectivity index (χ2n) is 5.22. The van der Waals surface area contributed by atoms with E-state index < -0.39 is 0 Å². The minimum atomic E-state index is 0.670. The zero-order valence-electron chi connectivity index (χ0n) is 7.95. The van der Waals surface area contributed by atoms with Crippen LogP contribution in [-0.4, -0.2) is 0 Å². The molecule has 0 N–H and O–H groups in total. The van der Waals surface area contributed by atoms with Crippen LogP contribution in [0.3, 0.4) is 0 Å². The van der Waals surface area contributed by atoms with Crippen LogP contribution in [0, 0.1) is 10.8 Å². The lowest BCUT2D eigenvalue weighted by atomic mass is 9.49. The Bertz CT molecular complexity index is 151. The maximum Gasteiger partial charge on any atom is -0.0246 e. The van der Waals surface area contributed by atoms with Crippen LogP contribution in [-0.2, 0) is 0 Å². The van der Waals surface area contributed by atoms with Crippen LogP contribution in [0.1, 0.15) is 58.8 Å². The molecular formula is C11H20. The summed E-state index contributed by atoms with van der Waals surface area (Å²) in [4.78, 5) is 0.